The lowest BCUT2D eigenvalue weighted by molar-refractivity contribution is 0.313. The Morgan fingerprint density at radius 1 is 0.733 bits per heavy atom. The predicted molar refractivity (Wildman–Crippen MR) is 183 cm³/mol. The van der Waals surface area contributed by atoms with Crippen molar-refractivity contribution in [2.24, 2.45) is 0 Å². The third-order valence-electron chi connectivity index (χ3n) is 8.25. The van der Waals surface area contributed by atoms with Gasteiger partial charge in [-0.2, -0.15) is 9.97 Å². The molecule has 0 atom stereocenters. The average molecular weight is 596 g/mol. The normalized spacial score (nSPS) is 13.7. The number of piperazine rings is 1. The maximum atomic E-state index is 6.17. The number of benzene rings is 4. The fourth-order valence-corrected chi connectivity index (χ4v) is 5.79. The summed E-state index contributed by atoms with van der Waals surface area (Å²) in [5, 5.41) is 3.49. The van der Waals surface area contributed by atoms with Crippen LogP contribution in [0.4, 0.5) is 28.8 Å². The van der Waals surface area contributed by atoms with Crippen molar-refractivity contribution >= 4 is 40.0 Å². The molecule has 7 rings (SSSR count). The van der Waals surface area contributed by atoms with Crippen molar-refractivity contribution in [3.05, 3.63) is 127 Å². The molecule has 9 nitrogen and oxygen atoms in total. The number of nitrogen functional groups attached to an aromatic ring is 1. The van der Waals surface area contributed by atoms with Crippen molar-refractivity contribution in [3.8, 4) is 5.69 Å². The second kappa shape index (κ2) is 12.7. The average Bonchev–Trinajstić information content (AvgIpc) is 3.50. The van der Waals surface area contributed by atoms with Crippen LogP contribution in [0.25, 0.3) is 16.9 Å². The first-order valence-electron chi connectivity index (χ1n) is 15.3. The summed E-state index contributed by atoms with van der Waals surface area (Å²) in [7, 11) is 2.18. The van der Waals surface area contributed by atoms with Gasteiger partial charge in [0.2, 0.25) is 5.95 Å². The third-order valence-corrected chi connectivity index (χ3v) is 8.25. The zero-order valence-corrected chi connectivity index (χ0v) is 25.4. The summed E-state index contributed by atoms with van der Waals surface area (Å²) in [5.41, 5.74) is 13.7. The summed E-state index contributed by atoms with van der Waals surface area (Å²) in [6, 6.07) is 37.2. The van der Waals surface area contributed by atoms with Crippen molar-refractivity contribution in [2.45, 2.75) is 13.1 Å². The van der Waals surface area contributed by atoms with Gasteiger partial charge in [0.1, 0.15) is 6.33 Å². The summed E-state index contributed by atoms with van der Waals surface area (Å²) in [6.07, 6.45) is 1.80. The quantitative estimate of drug-likeness (QED) is 0.194. The van der Waals surface area contributed by atoms with Crippen molar-refractivity contribution in [2.75, 3.05) is 54.1 Å². The zero-order chi connectivity index (χ0) is 30.6. The van der Waals surface area contributed by atoms with Crippen LogP contribution in [0.15, 0.2) is 116 Å². The maximum Gasteiger partial charge on any atom is 0.231 e. The highest BCUT2D eigenvalue weighted by atomic mass is 15.3. The van der Waals surface area contributed by atoms with Crippen LogP contribution in [-0.2, 0) is 13.1 Å². The van der Waals surface area contributed by atoms with Gasteiger partial charge in [0, 0.05) is 56.3 Å². The number of likely N-dealkylation sites (N-methyl/N-ethyl adjacent to an activating group) is 1. The molecule has 226 valence electrons. The minimum Gasteiger partial charge on any atom is -0.399 e. The predicted octanol–water partition coefficient (Wildman–Crippen LogP) is 6.10. The lowest BCUT2D eigenvalue weighted by Gasteiger charge is -2.34. The molecule has 0 saturated carbocycles. The molecule has 1 aliphatic rings. The van der Waals surface area contributed by atoms with Gasteiger partial charge in [-0.15, -0.1) is 0 Å². The Kier molecular flexibility index (Phi) is 7.99. The van der Waals surface area contributed by atoms with Crippen LogP contribution in [0, 0.1) is 0 Å². The van der Waals surface area contributed by atoms with E-state index in [1.54, 1.807) is 6.33 Å². The van der Waals surface area contributed by atoms with Gasteiger partial charge in [0.05, 0.1) is 5.69 Å². The van der Waals surface area contributed by atoms with Crippen LogP contribution in [0.5, 0.6) is 0 Å². The van der Waals surface area contributed by atoms with E-state index in [1.165, 1.54) is 16.8 Å². The van der Waals surface area contributed by atoms with Gasteiger partial charge in [-0.3, -0.25) is 4.57 Å². The van der Waals surface area contributed by atoms with E-state index in [0.717, 1.165) is 48.9 Å². The van der Waals surface area contributed by atoms with Gasteiger partial charge >= 0.3 is 0 Å². The standard InChI is InChI=1S/C36H37N9/c1-42-19-21-43(22-20-42)31-17-15-30(16-18-31)39-36-40-34(33-35(41-36)45(26-38-33)32-14-8-13-29(37)23-32)44(24-27-9-4-2-5-10-27)25-28-11-6-3-7-12-28/h2-18,23,26H,19-22,24-25,37H2,1H3,(H,39,40,41). The van der Waals surface area contributed by atoms with Gasteiger partial charge in [-0.1, -0.05) is 66.7 Å². The molecule has 0 aliphatic carbocycles. The van der Waals surface area contributed by atoms with Gasteiger partial charge < -0.3 is 25.8 Å². The van der Waals surface area contributed by atoms with Gasteiger partial charge in [-0.05, 0) is 60.6 Å². The lowest BCUT2D eigenvalue weighted by Crippen LogP contribution is -2.44. The van der Waals surface area contributed by atoms with E-state index in [4.69, 9.17) is 20.7 Å². The minimum absolute atomic E-state index is 0.502. The Bertz CT molecular complexity index is 1820. The van der Waals surface area contributed by atoms with Crippen LogP contribution in [0.2, 0.25) is 0 Å². The summed E-state index contributed by atoms with van der Waals surface area (Å²) in [4.78, 5) is 22.1. The Morgan fingerprint density at radius 2 is 1.40 bits per heavy atom. The molecule has 9 heteroatoms. The minimum atomic E-state index is 0.502. The molecule has 3 heterocycles. The monoisotopic (exact) mass is 595 g/mol. The highest BCUT2D eigenvalue weighted by Crippen LogP contribution is 2.30. The van der Waals surface area contributed by atoms with Gasteiger partial charge in [-0.25, -0.2) is 4.98 Å². The highest BCUT2D eigenvalue weighted by Gasteiger charge is 2.21. The van der Waals surface area contributed by atoms with E-state index in [-0.39, 0.29) is 0 Å². The van der Waals surface area contributed by atoms with Crippen LogP contribution in [-0.4, -0.2) is 57.6 Å². The Hall–Kier alpha value is -5.41. The molecule has 3 N–H and O–H groups in total. The number of imidazole rings is 1. The number of rotatable bonds is 9. The van der Waals surface area contributed by atoms with Gasteiger partial charge in [0.15, 0.2) is 17.0 Å². The molecule has 0 unspecified atom stereocenters. The fourth-order valence-electron chi connectivity index (χ4n) is 5.79. The second-order valence-corrected chi connectivity index (χ2v) is 11.5. The number of hydrogen-bond donors (Lipinski definition) is 2. The Labute approximate surface area is 263 Å². The number of aromatic nitrogens is 4. The van der Waals surface area contributed by atoms with Crippen LogP contribution in [0.3, 0.4) is 0 Å². The summed E-state index contributed by atoms with van der Waals surface area (Å²) in [6.45, 7) is 5.51. The Morgan fingerprint density at radius 3 is 2.04 bits per heavy atom. The molecule has 45 heavy (non-hydrogen) atoms. The third kappa shape index (κ3) is 6.44. The van der Waals surface area contributed by atoms with Gasteiger partial charge in [0.25, 0.3) is 0 Å². The van der Waals surface area contributed by atoms with Crippen molar-refractivity contribution in [1.29, 1.82) is 0 Å². The van der Waals surface area contributed by atoms with E-state index in [1.807, 2.05) is 41.0 Å². The van der Waals surface area contributed by atoms with Crippen LogP contribution < -0.4 is 20.9 Å². The van der Waals surface area contributed by atoms with Crippen LogP contribution >= 0.6 is 0 Å². The molecule has 0 spiro atoms. The van der Waals surface area contributed by atoms with E-state index >= 15 is 0 Å². The largest absolute Gasteiger partial charge is 0.399 e. The first-order chi connectivity index (χ1) is 22.1. The summed E-state index contributed by atoms with van der Waals surface area (Å²) >= 11 is 0. The van der Waals surface area contributed by atoms with Crippen molar-refractivity contribution in [3.63, 3.8) is 0 Å². The number of anilines is 5. The first kappa shape index (κ1) is 28.4. The molecule has 0 bridgehead atoms. The van der Waals surface area contributed by atoms with E-state index in [2.05, 4.69) is 99.9 Å². The number of nitrogens with zero attached hydrogens (tertiary/aromatic N) is 7. The molecule has 1 saturated heterocycles. The van der Waals surface area contributed by atoms with E-state index < -0.39 is 0 Å². The number of nitrogens with one attached hydrogen (secondary N) is 1. The smallest absolute Gasteiger partial charge is 0.231 e. The molecule has 4 aromatic carbocycles. The SMILES string of the molecule is CN1CCN(c2ccc(Nc3nc(N(Cc4ccccc4)Cc4ccccc4)c4ncn(-c5cccc(N)c5)c4n3)cc2)CC1. The van der Waals surface area contributed by atoms with Crippen LogP contribution in [0.1, 0.15) is 11.1 Å². The number of fused-ring (bicyclic) bond motifs is 1. The summed E-state index contributed by atoms with van der Waals surface area (Å²) in [5.74, 6) is 1.26. The lowest BCUT2D eigenvalue weighted by atomic mass is 10.1. The van der Waals surface area contributed by atoms with Crippen molar-refractivity contribution < 1.29 is 0 Å². The molecule has 1 fully saturated rings. The zero-order valence-electron chi connectivity index (χ0n) is 25.4. The molecular formula is C36H37N9. The molecular weight excluding hydrogens is 558 g/mol. The fraction of sp³-hybridized carbons (Fsp3) is 0.194. The molecule has 2 aromatic heterocycles. The molecule has 0 amide bonds. The molecule has 6 aromatic rings. The topological polar surface area (TPSA) is 91.4 Å². The Balaban J connectivity index is 1.29. The maximum absolute atomic E-state index is 6.17. The van der Waals surface area contributed by atoms with E-state index in [0.29, 0.717) is 30.4 Å². The van der Waals surface area contributed by atoms with E-state index in [9.17, 15) is 0 Å². The first-order valence-corrected chi connectivity index (χ1v) is 15.3. The summed E-state index contributed by atoms with van der Waals surface area (Å²) < 4.78 is 1.97. The number of hydrogen-bond acceptors (Lipinski definition) is 8. The highest BCUT2D eigenvalue weighted by molar-refractivity contribution is 5.86. The molecule has 1 aliphatic heterocycles. The second-order valence-electron chi connectivity index (χ2n) is 11.5. The van der Waals surface area contributed by atoms with Crippen molar-refractivity contribution in [1.82, 2.24) is 24.4 Å². The number of nitrogens with two attached hydrogens (primary N) is 1. The molecule has 0 radical (unpaired) electrons.